The first kappa shape index (κ1) is 15.3. The molecular formula is C15H25N5O2. The second-order valence-electron chi connectivity index (χ2n) is 7.24. The Morgan fingerprint density at radius 2 is 2.23 bits per heavy atom. The van der Waals surface area contributed by atoms with E-state index in [4.69, 9.17) is 4.74 Å². The first-order valence-electron chi connectivity index (χ1n) is 8.02. The molecule has 22 heavy (non-hydrogen) atoms. The van der Waals surface area contributed by atoms with Crippen molar-refractivity contribution in [2.75, 3.05) is 19.6 Å². The van der Waals surface area contributed by atoms with Crippen molar-refractivity contribution >= 4 is 6.09 Å². The number of hydrogen-bond acceptors (Lipinski definition) is 5. The Labute approximate surface area is 131 Å². The van der Waals surface area contributed by atoms with Gasteiger partial charge in [-0.15, -0.1) is 5.10 Å². The minimum Gasteiger partial charge on any atom is -0.444 e. The van der Waals surface area contributed by atoms with E-state index in [1.807, 2.05) is 31.6 Å². The molecule has 0 bridgehead atoms. The van der Waals surface area contributed by atoms with Gasteiger partial charge in [-0.05, 0) is 39.5 Å². The topological polar surface area (TPSA) is 72.3 Å². The van der Waals surface area contributed by atoms with Gasteiger partial charge >= 0.3 is 6.09 Å². The molecule has 7 heteroatoms. The SMILES string of the molecule is CC(C)(C)OC(=O)N1CCNC(c2cn(CC3CC3)nn2)C1. The molecule has 1 saturated heterocycles. The molecule has 1 N–H and O–H groups in total. The van der Waals surface area contributed by atoms with Crippen LogP contribution in [0, 0.1) is 5.92 Å². The van der Waals surface area contributed by atoms with Gasteiger partial charge in [0.15, 0.2) is 0 Å². The van der Waals surface area contributed by atoms with Crippen LogP contribution in [-0.4, -0.2) is 51.2 Å². The number of ether oxygens (including phenoxy) is 1. The minimum absolute atomic E-state index is 0.0224. The van der Waals surface area contributed by atoms with Crippen LogP contribution in [0.3, 0.4) is 0 Å². The summed E-state index contributed by atoms with van der Waals surface area (Å²) < 4.78 is 7.36. The highest BCUT2D eigenvalue weighted by Gasteiger charge is 2.30. The minimum atomic E-state index is -0.467. The van der Waals surface area contributed by atoms with E-state index in [2.05, 4.69) is 15.6 Å². The van der Waals surface area contributed by atoms with E-state index in [1.165, 1.54) is 12.8 Å². The van der Waals surface area contributed by atoms with Crippen molar-refractivity contribution in [2.24, 2.45) is 5.92 Å². The number of nitrogens with zero attached hydrogens (tertiary/aromatic N) is 4. The molecule has 1 aliphatic heterocycles. The zero-order chi connectivity index (χ0) is 15.7. The van der Waals surface area contributed by atoms with E-state index in [0.717, 1.165) is 24.7 Å². The van der Waals surface area contributed by atoms with Crippen LogP contribution < -0.4 is 5.32 Å². The fraction of sp³-hybridized carbons (Fsp3) is 0.800. The Balaban J connectivity index is 1.59. The number of carbonyl (C=O) groups is 1. The van der Waals surface area contributed by atoms with Gasteiger partial charge in [0.1, 0.15) is 11.3 Å². The molecule has 7 nitrogen and oxygen atoms in total. The van der Waals surface area contributed by atoms with Crippen LogP contribution in [0.4, 0.5) is 4.79 Å². The molecule has 1 aromatic rings. The highest BCUT2D eigenvalue weighted by atomic mass is 16.6. The third-order valence-corrected chi connectivity index (χ3v) is 3.88. The monoisotopic (exact) mass is 307 g/mol. The Morgan fingerprint density at radius 1 is 1.45 bits per heavy atom. The lowest BCUT2D eigenvalue weighted by Gasteiger charge is -2.34. The standard InChI is InChI=1S/C15H25N5O2/c1-15(2,3)22-14(21)19-7-6-16-12(9-19)13-10-20(18-17-13)8-11-4-5-11/h10-12,16H,4-9H2,1-3H3. The van der Waals surface area contributed by atoms with Crippen LogP contribution >= 0.6 is 0 Å². The maximum absolute atomic E-state index is 12.2. The van der Waals surface area contributed by atoms with Gasteiger partial charge in [-0.25, -0.2) is 4.79 Å². The highest BCUT2D eigenvalue weighted by Crippen LogP contribution is 2.30. The van der Waals surface area contributed by atoms with Crippen molar-refractivity contribution in [3.63, 3.8) is 0 Å². The van der Waals surface area contributed by atoms with E-state index in [-0.39, 0.29) is 12.1 Å². The summed E-state index contributed by atoms with van der Waals surface area (Å²) in [6, 6.07) is 0.0224. The molecule has 2 heterocycles. The number of nitrogens with one attached hydrogen (secondary N) is 1. The smallest absolute Gasteiger partial charge is 0.410 e. The molecule has 1 aliphatic carbocycles. The average Bonchev–Trinajstić information content (AvgIpc) is 3.12. The first-order valence-corrected chi connectivity index (χ1v) is 8.02. The molecule has 3 rings (SSSR count). The third-order valence-electron chi connectivity index (χ3n) is 3.88. The Morgan fingerprint density at radius 3 is 2.91 bits per heavy atom. The van der Waals surface area contributed by atoms with Gasteiger partial charge in [-0.3, -0.25) is 4.68 Å². The molecule has 122 valence electrons. The van der Waals surface area contributed by atoms with Crippen molar-refractivity contribution < 1.29 is 9.53 Å². The first-order chi connectivity index (χ1) is 10.4. The van der Waals surface area contributed by atoms with Crippen molar-refractivity contribution in [2.45, 2.75) is 51.8 Å². The van der Waals surface area contributed by atoms with Crippen LogP contribution in [-0.2, 0) is 11.3 Å². The molecule has 1 saturated carbocycles. The molecule has 0 spiro atoms. The lowest BCUT2D eigenvalue weighted by atomic mass is 10.1. The molecule has 2 aliphatic rings. The maximum atomic E-state index is 12.2. The van der Waals surface area contributed by atoms with E-state index in [1.54, 1.807) is 4.90 Å². The van der Waals surface area contributed by atoms with Gasteiger partial charge < -0.3 is 15.0 Å². The third kappa shape index (κ3) is 3.97. The largest absolute Gasteiger partial charge is 0.444 e. The molecule has 1 amide bonds. The molecule has 1 atom stereocenters. The summed E-state index contributed by atoms with van der Waals surface area (Å²) in [5, 5.41) is 11.9. The number of aromatic nitrogens is 3. The van der Waals surface area contributed by atoms with Gasteiger partial charge in [-0.2, -0.15) is 0 Å². The summed E-state index contributed by atoms with van der Waals surface area (Å²) in [7, 11) is 0. The summed E-state index contributed by atoms with van der Waals surface area (Å²) in [4.78, 5) is 13.9. The second-order valence-corrected chi connectivity index (χ2v) is 7.24. The van der Waals surface area contributed by atoms with Crippen molar-refractivity contribution in [3.8, 4) is 0 Å². The predicted molar refractivity (Wildman–Crippen MR) is 81.3 cm³/mol. The van der Waals surface area contributed by atoms with Crippen LogP contribution in [0.1, 0.15) is 45.3 Å². The molecule has 0 aromatic carbocycles. The van der Waals surface area contributed by atoms with Gasteiger partial charge in [0, 0.05) is 26.2 Å². The number of piperazine rings is 1. The van der Waals surface area contributed by atoms with Crippen LogP contribution in [0.2, 0.25) is 0 Å². The lowest BCUT2D eigenvalue weighted by Crippen LogP contribution is -2.49. The lowest BCUT2D eigenvalue weighted by molar-refractivity contribution is 0.0193. The average molecular weight is 307 g/mol. The maximum Gasteiger partial charge on any atom is 0.410 e. The van der Waals surface area contributed by atoms with Gasteiger partial charge in [0.25, 0.3) is 0 Å². The molecule has 2 fully saturated rings. The van der Waals surface area contributed by atoms with Crippen molar-refractivity contribution in [1.82, 2.24) is 25.2 Å². The summed E-state index contributed by atoms with van der Waals surface area (Å²) in [5.74, 6) is 0.770. The number of hydrogen-bond donors (Lipinski definition) is 1. The summed E-state index contributed by atoms with van der Waals surface area (Å²) in [6.45, 7) is 8.56. The molecule has 1 unspecified atom stereocenters. The normalized spacial score (nSPS) is 22.7. The van der Waals surface area contributed by atoms with Crippen molar-refractivity contribution in [1.29, 1.82) is 0 Å². The van der Waals surface area contributed by atoms with E-state index < -0.39 is 5.60 Å². The Bertz CT molecular complexity index is 532. The van der Waals surface area contributed by atoms with Gasteiger partial charge in [-0.1, -0.05) is 5.21 Å². The summed E-state index contributed by atoms with van der Waals surface area (Å²) in [5.41, 5.74) is 0.430. The van der Waals surface area contributed by atoms with Gasteiger partial charge in [0.2, 0.25) is 0 Å². The number of rotatable bonds is 3. The molecular weight excluding hydrogens is 282 g/mol. The number of carbonyl (C=O) groups excluding carboxylic acids is 1. The van der Waals surface area contributed by atoms with Gasteiger partial charge in [0.05, 0.1) is 12.2 Å². The number of amides is 1. The molecule has 0 radical (unpaired) electrons. The van der Waals surface area contributed by atoms with Crippen LogP contribution in [0.25, 0.3) is 0 Å². The summed E-state index contributed by atoms with van der Waals surface area (Å²) >= 11 is 0. The van der Waals surface area contributed by atoms with Crippen LogP contribution in [0.15, 0.2) is 6.20 Å². The second kappa shape index (κ2) is 5.87. The van der Waals surface area contributed by atoms with E-state index in [0.29, 0.717) is 13.1 Å². The highest BCUT2D eigenvalue weighted by molar-refractivity contribution is 5.68. The Kier molecular flexibility index (Phi) is 4.08. The quantitative estimate of drug-likeness (QED) is 0.917. The van der Waals surface area contributed by atoms with Crippen molar-refractivity contribution in [3.05, 3.63) is 11.9 Å². The van der Waals surface area contributed by atoms with Crippen LogP contribution in [0.5, 0.6) is 0 Å². The fourth-order valence-corrected chi connectivity index (χ4v) is 2.57. The molecule has 1 aromatic heterocycles. The Hall–Kier alpha value is -1.63. The zero-order valence-electron chi connectivity index (χ0n) is 13.6. The predicted octanol–water partition coefficient (Wildman–Crippen LogP) is 1.57. The summed E-state index contributed by atoms with van der Waals surface area (Å²) in [6.07, 6.45) is 4.32. The van der Waals surface area contributed by atoms with E-state index >= 15 is 0 Å². The fourth-order valence-electron chi connectivity index (χ4n) is 2.57. The van der Waals surface area contributed by atoms with E-state index in [9.17, 15) is 4.79 Å². The zero-order valence-corrected chi connectivity index (χ0v) is 13.6.